The molecule has 2 N–H and O–H groups in total. The van der Waals surface area contributed by atoms with E-state index in [0.29, 0.717) is 27.2 Å². The second kappa shape index (κ2) is 10.5. The molecule has 0 unspecified atom stereocenters. The van der Waals surface area contributed by atoms with Gasteiger partial charge in [0, 0.05) is 5.69 Å². The molecule has 0 atom stereocenters. The van der Waals surface area contributed by atoms with Crippen molar-refractivity contribution in [3.63, 3.8) is 0 Å². The third-order valence-electron chi connectivity index (χ3n) is 4.98. The van der Waals surface area contributed by atoms with Crippen LogP contribution in [-0.4, -0.2) is 22.5 Å². The van der Waals surface area contributed by atoms with E-state index in [1.54, 1.807) is 30.0 Å². The minimum absolute atomic E-state index is 0.0574. The fraction of sp³-hybridized carbons (Fsp3) is 0.480. The van der Waals surface area contributed by atoms with E-state index in [-0.39, 0.29) is 16.7 Å². The summed E-state index contributed by atoms with van der Waals surface area (Å²) in [5, 5.41) is 14.6. The fourth-order valence-corrected chi connectivity index (χ4v) is 4.34. The van der Waals surface area contributed by atoms with Crippen LogP contribution < -0.4 is 5.32 Å². The van der Waals surface area contributed by atoms with E-state index in [1.165, 1.54) is 5.56 Å². The standard InChI is InChI=1S/C25H33Cl2NO2S/c1-24(2,3)18-12-16(13-19(23(18)30)25(4,5)6)8-7-11-31-15-22(29)28-17-9-10-20(26)21(27)14-17/h9-10,12-14,30H,7-8,11,15H2,1-6H3,(H,28,29). The number of amides is 1. The molecule has 0 heterocycles. The Bertz CT molecular complexity index is 895. The molecule has 2 aromatic rings. The van der Waals surface area contributed by atoms with Crippen molar-refractivity contribution in [1.29, 1.82) is 0 Å². The maximum atomic E-state index is 12.2. The third kappa shape index (κ3) is 7.62. The summed E-state index contributed by atoms with van der Waals surface area (Å²) < 4.78 is 0. The lowest BCUT2D eigenvalue weighted by molar-refractivity contribution is -0.113. The number of aromatic hydroxyl groups is 1. The topological polar surface area (TPSA) is 49.3 Å². The predicted molar refractivity (Wildman–Crippen MR) is 136 cm³/mol. The van der Waals surface area contributed by atoms with E-state index in [0.717, 1.165) is 29.7 Å². The van der Waals surface area contributed by atoms with Gasteiger partial charge in [-0.15, -0.1) is 0 Å². The molecule has 170 valence electrons. The first-order valence-corrected chi connectivity index (χ1v) is 12.4. The SMILES string of the molecule is CC(C)(C)c1cc(CCCSCC(=O)Nc2ccc(Cl)c(Cl)c2)cc(C(C)(C)C)c1O. The molecule has 2 rings (SSSR count). The van der Waals surface area contributed by atoms with Gasteiger partial charge in [0.15, 0.2) is 0 Å². The first-order valence-electron chi connectivity index (χ1n) is 10.5. The normalized spacial score (nSPS) is 12.1. The number of carbonyl (C=O) groups is 1. The van der Waals surface area contributed by atoms with Crippen LogP contribution in [-0.2, 0) is 22.0 Å². The molecule has 3 nitrogen and oxygen atoms in total. The van der Waals surface area contributed by atoms with Crippen molar-refractivity contribution in [2.24, 2.45) is 0 Å². The molecule has 1 amide bonds. The molecule has 31 heavy (non-hydrogen) atoms. The van der Waals surface area contributed by atoms with Gasteiger partial charge in [-0.2, -0.15) is 11.8 Å². The number of halogens is 2. The predicted octanol–water partition coefficient (Wildman–Crippen LogP) is 7.60. The lowest BCUT2D eigenvalue weighted by Gasteiger charge is -2.28. The molecular formula is C25H33Cl2NO2S. The molecule has 2 aromatic carbocycles. The Hall–Kier alpha value is -1.36. The number of rotatable bonds is 7. The summed E-state index contributed by atoms with van der Waals surface area (Å²) in [6.45, 7) is 12.8. The number of phenolic OH excluding ortho intramolecular Hbond substituents is 1. The van der Waals surface area contributed by atoms with E-state index in [4.69, 9.17) is 23.2 Å². The summed E-state index contributed by atoms with van der Waals surface area (Å²) in [5.74, 6) is 1.62. The maximum absolute atomic E-state index is 12.2. The average Bonchev–Trinajstić information content (AvgIpc) is 2.63. The van der Waals surface area contributed by atoms with Crippen molar-refractivity contribution in [3.05, 3.63) is 57.1 Å². The first-order chi connectivity index (χ1) is 14.3. The summed E-state index contributed by atoms with van der Waals surface area (Å²) in [6, 6.07) is 9.32. The highest BCUT2D eigenvalue weighted by atomic mass is 35.5. The number of hydrogen-bond acceptors (Lipinski definition) is 3. The minimum Gasteiger partial charge on any atom is -0.507 e. The van der Waals surface area contributed by atoms with Crippen LogP contribution in [0.3, 0.4) is 0 Å². The Balaban J connectivity index is 1.91. The number of hydrogen-bond donors (Lipinski definition) is 2. The molecule has 0 saturated carbocycles. The molecule has 0 spiro atoms. The zero-order valence-electron chi connectivity index (χ0n) is 19.2. The summed E-state index contributed by atoms with van der Waals surface area (Å²) in [7, 11) is 0. The lowest BCUT2D eigenvalue weighted by atomic mass is 9.78. The molecular weight excluding hydrogens is 449 g/mol. The van der Waals surface area contributed by atoms with E-state index in [1.807, 2.05) is 0 Å². The van der Waals surface area contributed by atoms with Crippen LogP contribution in [0.4, 0.5) is 5.69 Å². The summed E-state index contributed by atoms with van der Waals surface area (Å²) >= 11 is 13.5. The summed E-state index contributed by atoms with van der Waals surface area (Å²) in [4.78, 5) is 12.2. The second-order valence-electron chi connectivity index (χ2n) is 9.87. The highest BCUT2D eigenvalue weighted by Crippen LogP contribution is 2.40. The molecule has 6 heteroatoms. The van der Waals surface area contributed by atoms with Gasteiger partial charge in [0.2, 0.25) is 5.91 Å². The Kier molecular flexibility index (Phi) is 8.77. The number of thioether (sulfide) groups is 1. The second-order valence-corrected chi connectivity index (χ2v) is 11.8. The molecule has 0 aliphatic carbocycles. The number of benzene rings is 2. The van der Waals surface area contributed by atoms with Crippen molar-refractivity contribution in [1.82, 2.24) is 0 Å². The van der Waals surface area contributed by atoms with Gasteiger partial charge < -0.3 is 10.4 Å². The Labute approximate surface area is 200 Å². The number of nitrogens with one attached hydrogen (secondary N) is 1. The quantitative estimate of drug-likeness (QED) is 0.400. The monoisotopic (exact) mass is 481 g/mol. The molecule has 0 aromatic heterocycles. The van der Waals surface area contributed by atoms with Crippen molar-refractivity contribution < 1.29 is 9.90 Å². The van der Waals surface area contributed by atoms with E-state index in [9.17, 15) is 9.90 Å². The van der Waals surface area contributed by atoms with Crippen LogP contribution >= 0.6 is 35.0 Å². The van der Waals surface area contributed by atoms with Gasteiger partial charge in [-0.3, -0.25) is 4.79 Å². The van der Waals surface area contributed by atoms with Gasteiger partial charge in [0.05, 0.1) is 15.8 Å². The molecule has 0 bridgehead atoms. The zero-order valence-corrected chi connectivity index (χ0v) is 21.6. The number of phenols is 1. The fourth-order valence-electron chi connectivity index (χ4n) is 3.30. The van der Waals surface area contributed by atoms with Crippen LogP contribution in [0.5, 0.6) is 5.75 Å². The average molecular weight is 483 g/mol. The van der Waals surface area contributed by atoms with Crippen LogP contribution in [0.25, 0.3) is 0 Å². The highest BCUT2D eigenvalue weighted by molar-refractivity contribution is 7.99. The first kappa shape index (κ1) is 25.9. The molecule has 0 fully saturated rings. The van der Waals surface area contributed by atoms with Crippen LogP contribution in [0, 0.1) is 0 Å². The van der Waals surface area contributed by atoms with Gasteiger partial charge in [-0.1, -0.05) is 76.9 Å². The van der Waals surface area contributed by atoms with Crippen LogP contribution in [0.1, 0.15) is 64.7 Å². The van der Waals surface area contributed by atoms with Crippen molar-refractivity contribution in [2.45, 2.75) is 65.2 Å². The maximum Gasteiger partial charge on any atom is 0.234 e. The van der Waals surface area contributed by atoms with E-state index >= 15 is 0 Å². The summed E-state index contributed by atoms with van der Waals surface area (Å²) in [6.07, 6.45) is 1.87. The van der Waals surface area contributed by atoms with Crippen molar-refractivity contribution in [2.75, 3.05) is 16.8 Å². The molecule has 0 saturated heterocycles. The Morgan fingerprint density at radius 1 is 0.968 bits per heavy atom. The lowest BCUT2D eigenvalue weighted by Crippen LogP contribution is -2.18. The van der Waals surface area contributed by atoms with Crippen LogP contribution in [0.2, 0.25) is 10.0 Å². The third-order valence-corrected chi connectivity index (χ3v) is 6.76. The van der Waals surface area contributed by atoms with Gasteiger partial charge in [0.1, 0.15) is 5.75 Å². The number of aryl methyl sites for hydroxylation is 1. The minimum atomic E-state index is -0.127. The molecule has 0 aliphatic rings. The number of carbonyl (C=O) groups excluding carboxylic acids is 1. The zero-order chi connectivity index (χ0) is 23.4. The van der Waals surface area contributed by atoms with Crippen molar-refractivity contribution >= 4 is 46.6 Å². The number of anilines is 1. The smallest absolute Gasteiger partial charge is 0.234 e. The van der Waals surface area contributed by atoms with E-state index in [2.05, 4.69) is 59.0 Å². The molecule has 0 aliphatic heterocycles. The largest absolute Gasteiger partial charge is 0.507 e. The Morgan fingerprint density at radius 2 is 1.55 bits per heavy atom. The highest BCUT2D eigenvalue weighted by Gasteiger charge is 2.26. The van der Waals surface area contributed by atoms with E-state index < -0.39 is 0 Å². The van der Waals surface area contributed by atoms with Gasteiger partial charge in [-0.25, -0.2) is 0 Å². The molecule has 0 radical (unpaired) electrons. The van der Waals surface area contributed by atoms with Crippen molar-refractivity contribution in [3.8, 4) is 5.75 Å². The van der Waals surface area contributed by atoms with Gasteiger partial charge >= 0.3 is 0 Å². The Morgan fingerprint density at radius 3 is 2.06 bits per heavy atom. The van der Waals surface area contributed by atoms with Gasteiger partial charge in [0.25, 0.3) is 0 Å². The van der Waals surface area contributed by atoms with Gasteiger partial charge in [-0.05, 0) is 64.3 Å². The van der Waals surface area contributed by atoms with Crippen LogP contribution in [0.15, 0.2) is 30.3 Å². The summed E-state index contributed by atoms with van der Waals surface area (Å²) in [5.41, 5.74) is 3.60.